The van der Waals surface area contributed by atoms with Gasteiger partial charge in [-0.15, -0.1) is 0 Å². The lowest BCUT2D eigenvalue weighted by molar-refractivity contribution is 0.136. The molecule has 0 heterocycles. The summed E-state index contributed by atoms with van der Waals surface area (Å²) >= 11 is 1.99. The van der Waals surface area contributed by atoms with Gasteiger partial charge in [0.15, 0.2) is 0 Å². The summed E-state index contributed by atoms with van der Waals surface area (Å²) in [5.74, 6) is 3.18. The molecule has 1 aromatic carbocycles. The van der Waals surface area contributed by atoms with Crippen LogP contribution in [0.4, 0.5) is 0 Å². The Morgan fingerprint density at radius 1 is 1.12 bits per heavy atom. The summed E-state index contributed by atoms with van der Waals surface area (Å²) in [5.41, 5.74) is 1.26. The van der Waals surface area contributed by atoms with Crippen molar-refractivity contribution in [1.29, 1.82) is 0 Å². The molecule has 0 aliphatic rings. The molecular weight excluding hydrogens is 216 g/mol. The van der Waals surface area contributed by atoms with E-state index in [2.05, 4.69) is 38.1 Å². The van der Waals surface area contributed by atoms with Gasteiger partial charge < -0.3 is 4.74 Å². The van der Waals surface area contributed by atoms with Gasteiger partial charge in [-0.1, -0.05) is 44.2 Å². The summed E-state index contributed by atoms with van der Waals surface area (Å²) in [6.07, 6.45) is 1.31. The number of hydrogen-bond acceptors (Lipinski definition) is 2. The van der Waals surface area contributed by atoms with Crippen molar-refractivity contribution in [3.05, 3.63) is 35.9 Å². The predicted octanol–water partition coefficient (Wildman–Crippen LogP) is 3.98. The topological polar surface area (TPSA) is 9.23 Å². The first kappa shape index (κ1) is 13.6. The van der Waals surface area contributed by atoms with Crippen LogP contribution in [-0.2, 0) is 11.3 Å². The molecule has 1 aromatic rings. The number of benzene rings is 1. The van der Waals surface area contributed by atoms with Crippen molar-refractivity contribution in [2.24, 2.45) is 5.92 Å². The maximum Gasteiger partial charge on any atom is 0.0717 e. The Morgan fingerprint density at radius 2 is 1.88 bits per heavy atom. The molecule has 0 unspecified atom stereocenters. The summed E-state index contributed by atoms with van der Waals surface area (Å²) in [4.78, 5) is 0. The van der Waals surface area contributed by atoms with Gasteiger partial charge in [-0.3, -0.25) is 0 Å². The Bertz CT molecular complexity index is 259. The van der Waals surface area contributed by atoms with Crippen molar-refractivity contribution in [2.45, 2.75) is 26.9 Å². The molecule has 1 nitrogen and oxygen atoms in total. The normalized spacial score (nSPS) is 10.9. The van der Waals surface area contributed by atoms with E-state index in [0.717, 1.165) is 24.9 Å². The van der Waals surface area contributed by atoms with Crippen molar-refractivity contribution < 1.29 is 4.74 Å². The zero-order valence-electron chi connectivity index (χ0n) is 10.3. The zero-order valence-corrected chi connectivity index (χ0v) is 11.1. The predicted molar refractivity (Wildman–Crippen MR) is 72.9 cm³/mol. The molecule has 0 spiro atoms. The van der Waals surface area contributed by atoms with Crippen LogP contribution < -0.4 is 0 Å². The summed E-state index contributed by atoms with van der Waals surface area (Å²) in [5, 5.41) is 0. The van der Waals surface area contributed by atoms with Crippen LogP contribution in [0.15, 0.2) is 30.3 Å². The first-order chi connectivity index (χ1) is 7.79. The van der Waals surface area contributed by atoms with Gasteiger partial charge in [0.05, 0.1) is 13.2 Å². The van der Waals surface area contributed by atoms with E-state index >= 15 is 0 Å². The van der Waals surface area contributed by atoms with E-state index in [-0.39, 0.29) is 0 Å². The number of rotatable bonds is 8. The van der Waals surface area contributed by atoms with Gasteiger partial charge in [0.1, 0.15) is 0 Å². The van der Waals surface area contributed by atoms with Crippen LogP contribution in [0.1, 0.15) is 25.8 Å². The lowest BCUT2D eigenvalue weighted by Crippen LogP contribution is -1.99. The molecule has 0 radical (unpaired) electrons. The molecule has 1 rings (SSSR count). The molecule has 0 amide bonds. The SMILES string of the molecule is CC(C)CCSCCOCc1ccccc1. The average Bonchev–Trinajstić information content (AvgIpc) is 2.29. The number of hydrogen-bond donors (Lipinski definition) is 0. The summed E-state index contributed by atoms with van der Waals surface area (Å²) in [7, 11) is 0. The van der Waals surface area contributed by atoms with Gasteiger partial charge in [0, 0.05) is 5.75 Å². The Balaban J connectivity index is 1.93. The molecule has 0 saturated heterocycles. The minimum Gasteiger partial charge on any atom is -0.376 e. The molecule has 90 valence electrons. The van der Waals surface area contributed by atoms with Crippen LogP contribution in [0.5, 0.6) is 0 Å². The highest BCUT2D eigenvalue weighted by Crippen LogP contribution is 2.08. The molecule has 16 heavy (non-hydrogen) atoms. The Hall–Kier alpha value is -0.470. The van der Waals surface area contributed by atoms with Crippen molar-refractivity contribution in [1.82, 2.24) is 0 Å². The molecule has 0 fully saturated rings. The minimum absolute atomic E-state index is 0.742. The number of thioether (sulfide) groups is 1. The Kier molecular flexibility index (Phi) is 7.35. The van der Waals surface area contributed by atoms with E-state index in [0.29, 0.717) is 0 Å². The molecular formula is C14H22OS. The Morgan fingerprint density at radius 3 is 2.56 bits per heavy atom. The van der Waals surface area contributed by atoms with E-state index in [4.69, 9.17) is 4.74 Å². The minimum atomic E-state index is 0.742. The van der Waals surface area contributed by atoms with E-state index < -0.39 is 0 Å². The second kappa shape index (κ2) is 8.66. The maximum atomic E-state index is 5.61. The molecule has 0 saturated carbocycles. The highest BCUT2D eigenvalue weighted by atomic mass is 32.2. The van der Waals surface area contributed by atoms with E-state index in [1.54, 1.807) is 0 Å². The summed E-state index contributed by atoms with van der Waals surface area (Å²) < 4.78 is 5.61. The molecule has 2 heteroatoms. The summed E-state index contributed by atoms with van der Waals surface area (Å²) in [6.45, 7) is 6.14. The maximum absolute atomic E-state index is 5.61. The van der Waals surface area contributed by atoms with Crippen LogP contribution in [0.3, 0.4) is 0 Å². The van der Waals surface area contributed by atoms with Gasteiger partial charge in [0.2, 0.25) is 0 Å². The fraction of sp³-hybridized carbons (Fsp3) is 0.571. The third kappa shape index (κ3) is 6.91. The zero-order chi connectivity index (χ0) is 11.6. The van der Waals surface area contributed by atoms with Crippen molar-refractivity contribution >= 4 is 11.8 Å². The quantitative estimate of drug-likeness (QED) is 0.633. The molecule has 0 aromatic heterocycles. The largest absolute Gasteiger partial charge is 0.376 e. The van der Waals surface area contributed by atoms with Crippen molar-refractivity contribution in [3.8, 4) is 0 Å². The van der Waals surface area contributed by atoms with Gasteiger partial charge in [-0.2, -0.15) is 11.8 Å². The second-order valence-electron chi connectivity index (χ2n) is 4.33. The monoisotopic (exact) mass is 238 g/mol. The first-order valence-electron chi connectivity index (χ1n) is 5.98. The third-order valence-electron chi connectivity index (χ3n) is 2.32. The highest BCUT2D eigenvalue weighted by molar-refractivity contribution is 7.99. The van der Waals surface area contributed by atoms with Crippen molar-refractivity contribution in [3.63, 3.8) is 0 Å². The molecule has 0 bridgehead atoms. The molecule has 0 aliphatic carbocycles. The van der Waals surface area contributed by atoms with Crippen LogP contribution in [0, 0.1) is 5.92 Å². The second-order valence-corrected chi connectivity index (χ2v) is 5.56. The smallest absolute Gasteiger partial charge is 0.0717 e. The van der Waals surface area contributed by atoms with Crippen LogP contribution in [-0.4, -0.2) is 18.1 Å². The Labute approximate surface area is 104 Å². The summed E-state index contributed by atoms with van der Waals surface area (Å²) in [6, 6.07) is 10.3. The fourth-order valence-corrected chi connectivity index (χ4v) is 2.38. The van der Waals surface area contributed by atoms with E-state index in [1.165, 1.54) is 17.7 Å². The molecule has 0 aliphatic heterocycles. The van der Waals surface area contributed by atoms with E-state index in [1.807, 2.05) is 17.8 Å². The molecule has 0 atom stereocenters. The first-order valence-corrected chi connectivity index (χ1v) is 7.14. The third-order valence-corrected chi connectivity index (χ3v) is 3.30. The van der Waals surface area contributed by atoms with Crippen LogP contribution in [0.2, 0.25) is 0 Å². The average molecular weight is 238 g/mol. The lowest BCUT2D eigenvalue weighted by atomic mass is 10.2. The number of ether oxygens (including phenoxy) is 1. The van der Waals surface area contributed by atoms with Crippen LogP contribution >= 0.6 is 11.8 Å². The van der Waals surface area contributed by atoms with Crippen molar-refractivity contribution in [2.75, 3.05) is 18.1 Å². The van der Waals surface area contributed by atoms with E-state index in [9.17, 15) is 0 Å². The lowest BCUT2D eigenvalue weighted by Gasteiger charge is -2.05. The van der Waals surface area contributed by atoms with Gasteiger partial charge in [-0.05, 0) is 23.7 Å². The standard InChI is InChI=1S/C14H22OS/c1-13(2)8-10-16-11-9-15-12-14-6-4-3-5-7-14/h3-7,13H,8-12H2,1-2H3. The van der Waals surface area contributed by atoms with Gasteiger partial charge in [0.25, 0.3) is 0 Å². The highest BCUT2D eigenvalue weighted by Gasteiger charge is 1.95. The fourth-order valence-electron chi connectivity index (χ4n) is 1.30. The van der Waals surface area contributed by atoms with Crippen LogP contribution in [0.25, 0.3) is 0 Å². The molecule has 0 N–H and O–H groups in total. The van der Waals surface area contributed by atoms with Gasteiger partial charge >= 0.3 is 0 Å². The van der Waals surface area contributed by atoms with Gasteiger partial charge in [-0.25, -0.2) is 0 Å².